The standard InChI is InChI=1S/C16H28O11P2/c1-3-9-15(17)23-11-5-7-13-25-29(22,27-28(19,20)21)26-14-8-6-12-24-16(18)10-4-2/h3-4,9-10H,5-8,11-14H2,1-2H3,(H2,19,20,21). The summed E-state index contributed by atoms with van der Waals surface area (Å²) in [5, 5.41) is 0. The highest BCUT2D eigenvalue weighted by Gasteiger charge is 2.35. The van der Waals surface area contributed by atoms with E-state index in [1.165, 1.54) is 24.3 Å². The van der Waals surface area contributed by atoms with Crippen LogP contribution in [0.4, 0.5) is 0 Å². The molecule has 0 aromatic carbocycles. The molecule has 29 heavy (non-hydrogen) atoms. The maximum Gasteiger partial charge on any atom is 0.483 e. The van der Waals surface area contributed by atoms with E-state index in [-0.39, 0.29) is 39.3 Å². The highest BCUT2D eigenvalue weighted by atomic mass is 31.3. The Kier molecular flexibility index (Phi) is 14.8. The first kappa shape index (κ1) is 27.7. The van der Waals surface area contributed by atoms with Gasteiger partial charge in [-0.3, -0.25) is 9.05 Å². The van der Waals surface area contributed by atoms with Gasteiger partial charge in [0.05, 0.1) is 26.4 Å². The highest BCUT2D eigenvalue weighted by molar-refractivity contribution is 7.61. The Bertz CT molecular complexity index is 599. The van der Waals surface area contributed by atoms with Crippen LogP contribution >= 0.6 is 15.6 Å². The fourth-order valence-electron chi connectivity index (χ4n) is 1.69. The molecule has 0 aliphatic heterocycles. The fourth-order valence-corrected chi connectivity index (χ4v) is 3.89. The number of unbranched alkanes of at least 4 members (excludes halogenated alkanes) is 2. The molecule has 0 saturated heterocycles. The molecule has 0 fully saturated rings. The molecule has 0 aromatic rings. The van der Waals surface area contributed by atoms with Gasteiger partial charge < -0.3 is 19.3 Å². The van der Waals surface area contributed by atoms with Crippen LogP contribution in [0.3, 0.4) is 0 Å². The lowest BCUT2D eigenvalue weighted by atomic mass is 10.3. The zero-order chi connectivity index (χ0) is 22.2. The number of allylic oxidation sites excluding steroid dienone is 2. The third kappa shape index (κ3) is 17.3. The summed E-state index contributed by atoms with van der Waals surface area (Å²) in [5.41, 5.74) is 0. The Morgan fingerprint density at radius 2 is 1.14 bits per heavy atom. The Morgan fingerprint density at radius 1 is 0.759 bits per heavy atom. The lowest BCUT2D eigenvalue weighted by molar-refractivity contribution is -0.138. The van der Waals surface area contributed by atoms with E-state index in [1.807, 2.05) is 0 Å². The largest absolute Gasteiger partial charge is 0.483 e. The van der Waals surface area contributed by atoms with Crippen molar-refractivity contribution in [3.63, 3.8) is 0 Å². The van der Waals surface area contributed by atoms with Crippen molar-refractivity contribution in [3.05, 3.63) is 24.3 Å². The van der Waals surface area contributed by atoms with E-state index in [0.717, 1.165) is 0 Å². The second-order valence-electron chi connectivity index (χ2n) is 5.44. The summed E-state index contributed by atoms with van der Waals surface area (Å²) in [5.74, 6) is -0.993. The fraction of sp³-hybridized carbons (Fsp3) is 0.625. The van der Waals surface area contributed by atoms with Gasteiger partial charge in [0.25, 0.3) is 0 Å². The topological polar surface area (TPSA) is 155 Å². The normalized spacial score (nSPS) is 14.2. The van der Waals surface area contributed by atoms with Crippen molar-refractivity contribution >= 4 is 27.6 Å². The average Bonchev–Trinajstić information content (AvgIpc) is 2.60. The van der Waals surface area contributed by atoms with Gasteiger partial charge in [-0.15, -0.1) is 0 Å². The summed E-state index contributed by atoms with van der Waals surface area (Å²) in [6.07, 6.45) is 6.88. The molecule has 11 nitrogen and oxygen atoms in total. The number of carbonyl (C=O) groups excluding carboxylic acids is 2. The van der Waals surface area contributed by atoms with Crippen LogP contribution in [0.2, 0.25) is 0 Å². The molecule has 0 bridgehead atoms. The number of hydrogen-bond acceptors (Lipinski definition) is 9. The predicted molar refractivity (Wildman–Crippen MR) is 103 cm³/mol. The van der Waals surface area contributed by atoms with Gasteiger partial charge in [0, 0.05) is 12.2 Å². The van der Waals surface area contributed by atoms with E-state index in [9.17, 15) is 18.7 Å². The number of rotatable bonds is 16. The number of phosphoric ester groups is 1. The van der Waals surface area contributed by atoms with Crippen molar-refractivity contribution in [2.24, 2.45) is 0 Å². The van der Waals surface area contributed by atoms with Gasteiger partial charge in [-0.05, 0) is 39.5 Å². The van der Waals surface area contributed by atoms with Crippen LogP contribution in [0.5, 0.6) is 0 Å². The molecule has 0 heterocycles. The monoisotopic (exact) mass is 458 g/mol. The van der Waals surface area contributed by atoms with Crippen molar-refractivity contribution in [1.29, 1.82) is 0 Å². The number of carbonyl (C=O) groups is 2. The van der Waals surface area contributed by atoms with Gasteiger partial charge in [-0.1, -0.05) is 12.2 Å². The first-order chi connectivity index (χ1) is 13.6. The maximum atomic E-state index is 12.3. The molecule has 13 heteroatoms. The quantitative estimate of drug-likeness (QED) is 0.152. The molecule has 0 aromatic heterocycles. The lowest BCUT2D eigenvalue weighted by Gasteiger charge is -2.18. The summed E-state index contributed by atoms with van der Waals surface area (Å²) in [7, 11) is -9.62. The number of phosphoric acid groups is 2. The van der Waals surface area contributed by atoms with Crippen LogP contribution < -0.4 is 0 Å². The Morgan fingerprint density at radius 3 is 1.48 bits per heavy atom. The Labute approximate surface area is 169 Å². The van der Waals surface area contributed by atoms with Gasteiger partial charge in [0.15, 0.2) is 0 Å². The van der Waals surface area contributed by atoms with Gasteiger partial charge in [0.1, 0.15) is 0 Å². The van der Waals surface area contributed by atoms with Gasteiger partial charge in [-0.25, -0.2) is 18.7 Å². The second kappa shape index (κ2) is 15.5. The number of ether oxygens (including phenoxy) is 2. The van der Waals surface area contributed by atoms with Crippen LogP contribution in [-0.2, 0) is 41.6 Å². The van der Waals surface area contributed by atoms with Gasteiger partial charge in [0.2, 0.25) is 0 Å². The first-order valence-electron chi connectivity index (χ1n) is 8.87. The van der Waals surface area contributed by atoms with Crippen LogP contribution in [0.1, 0.15) is 39.5 Å². The van der Waals surface area contributed by atoms with Crippen molar-refractivity contribution in [2.45, 2.75) is 39.5 Å². The van der Waals surface area contributed by atoms with Crippen LogP contribution in [0, 0.1) is 0 Å². The summed E-state index contributed by atoms with van der Waals surface area (Å²) in [4.78, 5) is 40.0. The zero-order valence-electron chi connectivity index (χ0n) is 16.4. The lowest BCUT2D eigenvalue weighted by Crippen LogP contribution is -2.06. The molecule has 168 valence electrons. The van der Waals surface area contributed by atoms with Crippen LogP contribution in [0.15, 0.2) is 24.3 Å². The predicted octanol–water partition coefficient (Wildman–Crippen LogP) is 3.04. The minimum absolute atomic E-state index is 0.100. The molecule has 0 aliphatic carbocycles. The number of esters is 2. The van der Waals surface area contributed by atoms with Crippen molar-refractivity contribution in [1.82, 2.24) is 0 Å². The molecular weight excluding hydrogens is 430 g/mol. The van der Waals surface area contributed by atoms with E-state index < -0.39 is 27.6 Å². The minimum Gasteiger partial charge on any atom is -0.463 e. The maximum absolute atomic E-state index is 12.3. The van der Waals surface area contributed by atoms with E-state index in [0.29, 0.717) is 12.8 Å². The Hall–Kier alpha value is -1.32. The SMILES string of the molecule is CC=CC(=O)OCCCCOP(=O)(OCCCCOC(=O)C=CC)OP(=O)(O)O. The first-order valence-corrected chi connectivity index (χ1v) is 11.9. The molecule has 0 radical (unpaired) electrons. The van der Waals surface area contributed by atoms with Crippen molar-refractivity contribution < 1.29 is 51.3 Å². The van der Waals surface area contributed by atoms with E-state index in [2.05, 4.69) is 4.31 Å². The molecule has 0 unspecified atom stereocenters. The third-order valence-corrected chi connectivity index (χ3v) is 5.53. The molecule has 0 rings (SSSR count). The molecule has 0 amide bonds. The highest BCUT2D eigenvalue weighted by Crippen LogP contribution is 2.61. The molecule has 0 saturated carbocycles. The molecule has 0 aliphatic rings. The average molecular weight is 458 g/mol. The summed E-state index contributed by atoms with van der Waals surface area (Å²) >= 11 is 0. The minimum atomic E-state index is -5.12. The Balaban J connectivity index is 4.24. The van der Waals surface area contributed by atoms with E-state index >= 15 is 0 Å². The molecule has 2 N–H and O–H groups in total. The molecule has 0 atom stereocenters. The summed E-state index contributed by atoms with van der Waals surface area (Å²) in [6.45, 7) is 3.15. The zero-order valence-corrected chi connectivity index (χ0v) is 18.2. The van der Waals surface area contributed by atoms with E-state index in [4.69, 9.17) is 28.3 Å². The second-order valence-corrected chi connectivity index (χ2v) is 8.48. The van der Waals surface area contributed by atoms with Crippen molar-refractivity contribution in [2.75, 3.05) is 26.4 Å². The smallest absolute Gasteiger partial charge is 0.463 e. The van der Waals surface area contributed by atoms with Crippen LogP contribution in [-0.4, -0.2) is 48.2 Å². The van der Waals surface area contributed by atoms with Gasteiger partial charge >= 0.3 is 27.6 Å². The third-order valence-electron chi connectivity index (χ3n) is 2.88. The van der Waals surface area contributed by atoms with Crippen molar-refractivity contribution in [3.8, 4) is 0 Å². The molecule has 0 spiro atoms. The van der Waals surface area contributed by atoms with E-state index in [1.54, 1.807) is 13.8 Å². The summed E-state index contributed by atoms with van der Waals surface area (Å²) in [6, 6.07) is 0. The van der Waals surface area contributed by atoms with Crippen LogP contribution in [0.25, 0.3) is 0 Å². The molecular formula is C16H28O11P2. The number of hydrogen-bond donors (Lipinski definition) is 2. The summed E-state index contributed by atoms with van der Waals surface area (Å²) < 4.78 is 47.0. The van der Waals surface area contributed by atoms with Gasteiger partial charge in [-0.2, -0.15) is 4.31 Å².